The third-order valence-corrected chi connectivity index (χ3v) is 4.97. The molecule has 4 rings (SSSR count). The van der Waals surface area contributed by atoms with Gasteiger partial charge in [0.2, 0.25) is 0 Å². The second-order valence-corrected chi connectivity index (χ2v) is 7.34. The molecule has 0 aliphatic rings. The Morgan fingerprint density at radius 2 is 1.71 bits per heavy atom. The highest BCUT2D eigenvalue weighted by Gasteiger charge is 2.19. The normalized spacial score (nSPS) is 11.2. The van der Waals surface area contributed by atoms with E-state index in [1.165, 1.54) is 0 Å². The van der Waals surface area contributed by atoms with Crippen molar-refractivity contribution in [3.05, 3.63) is 70.6 Å². The summed E-state index contributed by atoms with van der Waals surface area (Å²) in [6, 6.07) is 15.1. The zero-order chi connectivity index (χ0) is 19.7. The Morgan fingerprint density at radius 1 is 0.929 bits per heavy atom. The van der Waals surface area contributed by atoms with E-state index in [9.17, 15) is 0 Å². The Morgan fingerprint density at radius 3 is 2.43 bits per heavy atom. The number of nitrogens with zero attached hydrogens (tertiary/aromatic N) is 6. The first kappa shape index (κ1) is 18.5. The van der Waals surface area contributed by atoms with Gasteiger partial charge in [-0.1, -0.05) is 73.4 Å². The van der Waals surface area contributed by atoms with Crippen LogP contribution in [0.5, 0.6) is 0 Å². The molecule has 2 aromatic carbocycles. The number of rotatable bonds is 4. The molecule has 0 aliphatic carbocycles. The Kier molecular flexibility index (Phi) is 5.07. The maximum atomic E-state index is 6.25. The van der Waals surface area contributed by atoms with E-state index in [0.29, 0.717) is 27.3 Å². The maximum absolute atomic E-state index is 6.25. The topological polar surface area (TPSA) is 69.4 Å². The van der Waals surface area contributed by atoms with Gasteiger partial charge in [-0.05, 0) is 22.6 Å². The Hall–Kier alpha value is -2.83. The minimum Gasteiger partial charge on any atom is -0.239 e. The van der Waals surface area contributed by atoms with Crippen LogP contribution >= 0.6 is 23.2 Å². The van der Waals surface area contributed by atoms with Gasteiger partial charge in [-0.15, -0.1) is 5.10 Å². The van der Waals surface area contributed by atoms with Crippen LogP contribution in [0.15, 0.2) is 54.7 Å². The van der Waals surface area contributed by atoms with E-state index in [0.717, 1.165) is 17.0 Å². The summed E-state index contributed by atoms with van der Waals surface area (Å²) in [6.07, 6.45) is 1.74. The quantitative estimate of drug-likeness (QED) is 0.461. The summed E-state index contributed by atoms with van der Waals surface area (Å²) in [7, 11) is 0. The zero-order valence-corrected chi connectivity index (χ0v) is 16.7. The standard InChI is InChI=1S/C20H16Cl2N6/c1-12(2)19-23-11-17(18(24-19)14-8-9-15(21)16(22)10-14)28-20(25-26-27-28)13-6-4-3-5-7-13/h3-12H,1-2H3. The molecule has 0 N–H and O–H groups in total. The summed E-state index contributed by atoms with van der Waals surface area (Å²) < 4.78 is 1.64. The molecule has 0 fully saturated rings. The highest BCUT2D eigenvalue weighted by Crippen LogP contribution is 2.32. The average molecular weight is 411 g/mol. The molecule has 2 aromatic heterocycles. The molecular weight excluding hydrogens is 395 g/mol. The number of aromatic nitrogens is 6. The molecule has 0 radical (unpaired) electrons. The van der Waals surface area contributed by atoms with Crippen molar-refractivity contribution in [2.45, 2.75) is 19.8 Å². The maximum Gasteiger partial charge on any atom is 0.187 e. The highest BCUT2D eigenvalue weighted by molar-refractivity contribution is 6.42. The number of hydrogen-bond acceptors (Lipinski definition) is 5. The average Bonchev–Trinajstić information content (AvgIpc) is 3.20. The lowest BCUT2D eigenvalue weighted by atomic mass is 10.1. The fourth-order valence-corrected chi connectivity index (χ4v) is 3.09. The van der Waals surface area contributed by atoms with E-state index < -0.39 is 0 Å². The summed E-state index contributed by atoms with van der Waals surface area (Å²) in [5, 5.41) is 13.2. The molecule has 8 heteroatoms. The number of halogens is 2. The first-order chi connectivity index (χ1) is 13.5. The fraction of sp³-hybridized carbons (Fsp3) is 0.150. The smallest absolute Gasteiger partial charge is 0.187 e. The largest absolute Gasteiger partial charge is 0.239 e. The van der Waals surface area contributed by atoms with Gasteiger partial charge in [-0.25, -0.2) is 9.97 Å². The molecule has 6 nitrogen and oxygen atoms in total. The van der Waals surface area contributed by atoms with Crippen molar-refractivity contribution in [1.82, 2.24) is 30.2 Å². The van der Waals surface area contributed by atoms with Gasteiger partial charge < -0.3 is 0 Å². The lowest BCUT2D eigenvalue weighted by Gasteiger charge is -2.13. The number of benzene rings is 2. The van der Waals surface area contributed by atoms with Crippen LogP contribution in [0.2, 0.25) is 10.0 Å². The van der Waals surface area contributed by atoms with Crippen molar-refractivity contribution in [2.75, 3.05) is 0 Å². The van der Waals surface area contributed by atoms with Crippen molar-refractivity contribution in [3.8, 4) is 28.3 Å². The summed E-state index contributed by atoms with van der Waals surface area (Å²) in [5.41, 5.74) is 3.04. The van der Waals surface area contributed by atoms with Gasteiger partial charge in [0.15, 0.2) is 5.82 Å². The van der Waals surface area contributed by atoms with Crippen molar-refractivity contribution < 1.29 is 0 Å². The Balaban J connectivity index is 1.94. The predicted molar refractivity (Wildman–Crippen MR) is 110 cm³/mol. The van der Waals surface area contributed by atoms with Crippen LogP contribution in [-0.2, 0) is 0 Å². The first-order valence-corrected chi connectivity index (χ1v) is 9.46. The molecule has 0 unspecified atom stereocenters. The van der Waals surface area contributed by atoms with Crippen LogP contribution in [0.3, 0.4) is 0 Å². The van der Waals surface area contributed by atoms with Crippen LogP contribution in [0.1, 0.15) is 25.6 Å². The molecule has 4 aromatic rings. The first-order valence-electron chi connectivity index (χ1n) is 8.71. The van der Waals surface area contributed by atoms with Gasteiger partial charge >= 0.3 is 0 Å². The predicted octanol–water partition coefficient (Wildman–Crippen LogP) is 5.22. The monoisotopic (exact) mass is 410 g/mol. The van der Waals surface area contributed by atoms with Crippen LogP contribution in [0.25, 0.3) is 28.3 Å². The molecule has 0 saturated heterocycles. The second-order valence-electron chi connectivity index (χ2n) is 6.53. The third-order valence-electron chi connectivity index (χ3n) is 4.23. The summed E-state index contributed by atoms with van der Waals surface area (Å²) >= 11 is 12.3. The molecule has 2 heterocycles. The van der Waals surface area contributed by atoms with Gasteiger partial charge in [0.05, 0.1) is 21.9 Å². The fourth-order valence-electron chi connectivity index (χ4n) is 2.79. The van der Waals surface area contributed by atoms with Crippen LogP contribution < -0.4 is 0 Å². The van der Waals surface area contributed by atoms with Gasteiger partial charge in [-0.2, -0.15) is 4.68 Å². The molecule has 0 aliphatic heterocycles. The Labute approximate surface area is 172 Å². The van der Waals surface area contributed by atoms with Crippen molar-refractivity contribution in [2.24, 2.45) is 0 Å². The molecule has 0 atom stereocenters. The summed E-state index contributed by atoms with van der Waals surface area (Å²) in [4.78, 5) is 9.28. The molecule has 28 heavy (non-hydrogen) atoms. The SMILES string of the molecule is CC(C)c1ncc(-n2nnnc2-c2ccccc2)c(-c2ccc(Cl)c(Cl)c2)n1. The van der Waals surface area contributed by atoms with Crippen LogP contribution in [0.4, 0.5) is 0 Å². The number of tetrazole rings is 1. The van der Waals surface area contributed by atoms with Crippen molar-refractivity contribution in [3.63, 3.8) is 0 Å². The van der Waals surface area contributed by atoms with Gasteiger partial charge in [-0.3, -0.25) is 0 Å². The van der Waals surface area contributed by atoms with E-state index in [4.69, 9.17) is 28.2 Å². The van der Waals surface area contributed by atoms with E-state index in [2.05, 4.69) is 20.5 Å². The molecule has 0 spiro atoms. The minimum atomic E-state index is 0.165. The Bertz CT molecular complexity index is 1120. The van der Waals surface area contributed by atoms with Gasteiger partial charge in [0.25, 0.3) is 0 Å². The van der Waals surface area contributed by atoms with Crippen LogP contribution in [-0.4, -0.2) is 30.2 Å². The van der Waals surface area contributed by atoms with E-state index >= 15 is 0 Å². The highest BCUT2D eigenvalue weighted by atomic mass is 35.5. The van der Waals surface area contributed by atoms with Gasteiger partial charge in [0, 0.05) is 17.0 Å². The second kappa shape index (κ2) is 7.66. The lowest BCUT2D eigenvalue weighted by molar-refractivity contribution is 0.752. The molecular formula is C20H16Cl2N6. The molecule has 140 valence electrons. The van der Waals surface area contributed by atoms with Crippen molar-refractivity contribution in [1.29, 1.82) is 0 Å². The molecule has 0 saturated carbocycles. The van der Waals surface area contributed by atoms with Gasteiger partial charge in [0.1, 0.15) is 11.5 Å². The zero-order valence-electron chi connectivity index (χ0n) is 15.2. The van der Waals surface area contributed by atoms with E-state index in [1.807, 2.05) is 50.2 Å². The number of hydrogen-bond donors (Lipinski definition) is 0. The van der Waals surface area contributed by atoms with Crippen molar-refractivity contribution >= 4 is 23.2 Å². The summed E-state index contributed by atoms with van der Waals surface area (Å²) in [6.45, 7) is 4.08. The van der Waals surface area contributed by atoms with E-state index in [1.54, 1.807) is 23.0 Å². The molecule has 0 amide bonds. The van der Waals surface area contributed by atoms with E-state index in [-0.39, 0.29) is 5.92 Å². The van der Waals surface area contributed by atoms with Crippen LogP contribution in [0, 0.1) is 0 Å². The third kappa shape index (κ3) is 3.48. The lowest BCUT2D eigenvalue weighted by Crippen LogP contribution is -2.08. The molecule has 0 bridgehead atoms. The minimum absolute atomic E-state index is 0.165. The summed E-state index contributed by atoms with van der Waals surface area (Å²) in [5.74, 6) is 1.49.